The van der Waals surface area contributed by atoms with Gasteiger partial charge in [0, 0.05) is 11.3 Å². The fraction of sp³-hybridized carbons (Fsp3) is 0.364. The fourth-order valence-electron chi connectivity index (χ4n) is 2.39. The van der Waals surface area contributed by atoms with Crippen molar-refractivity contribution >= 4 is 17.7 Å². The van der Waals surface area contributed by atoms with Crippen LogP contribution in [0.15, 0.2) is 48.5 Å². The molecule has 0 fully saturated rings. The second-order valence-electron chi connectivity index (χ2n) is 7.22. The van der Waals surface area contributed by atoms with Crippen LogP contribution < -0.4 is 20.1 Å². The number of carbonyl (C=O) groups is 2. The molecule has 2 aromatic rings. The van der Waals surface area contributed by atoms with Gasteiger partial charge in [-0.2, -0.15) is 0 Å². The molecule has 0 aliphatic carbocycles. The van der Waals surface area contributed by atoms with Crippen LogP contribution in [0.1, 0.15) is 38.1 Å². The van der Waals surface area contributed by atoms with Crippen molar-refractivity contribution in [1.82, 2.24) is 5.32 Å². The molecule has 2 amide bonds. The molecule has 0 saturated carbocycles. The molecule has 0 aliphatic heterocycles. The number of carbonyl (C=O) groups excluding carboxylic acids is 2. The zero-order chi connectivity index (χ0) is 21.3. The van der Waals surface area contributed by atoms with Crippen LogP contribution in [0, 0.1) is 0 Å². The zero-order valence-electron chi connectivity index (χ0n) is 17.3. The van der Waals surface area contributed by atoms with Crippen LogP contribution >= 0.6 is 0 Å². The molecule has 2 N–H and O–H groups in total. The van der Waals surface area contributed by atoms with Crippen LogP contribution in [-0.4, -0.2) is 37.4 Å². The summed E-state index contributed by atoms with van der Waals surface area (Å²) >= 11 is 0. The average Bonchev–Trinajstić information content (AvgIpc) is 2.65. The van der Waals surface area contributed by atoms with Gasteiger partial charge in [0.05, 0.1) is 13.2 Å². The average molecular weight is 400 g/mol. The van der Waals surface area contributed by atoms with Gasteiger partial charge in [-0.25, -0.2) is 4.79 Å². The van der Waals surface area contributed by atoms with Crippen LogP contribution in [0.2, 0.25) is 0 Å². The normalized spacial score (nSPS) is 10.8. The largest absolute Gasteiger partial charge is 0.494 e. The van der Waals surface area contributed by atoms with Crippen molar-refractivity contribution in [3.63, 3.8) is 0 Å². The van der Waals surface area contributed by atoms with Crippen molar-refractivity contribution in [1.29, 1.82) is 0 Å². The Bertz CT molecular complexity index is 813. The summed E-state index contributed by atoms with van der Waals surface area (Å²) in [4.78, 5) is 24.2. The Kier molecular flexibility index (Phi) is 7.88. The third-order valence-corrected chi connectivity index (χ3v) is 3.56. The van der Waals surface area contributed by atoms with Gasteiger partial charge in [0.15, 0.2) is 0 Å². The Morgan fingerprint density at radius 1 is 0.966 bits per heavy atom. The third-order valence-electron chi connectivity index (χ3n) is 3.56. The lowest BCUT2D eigenvalue weighted by molar-refractivity contribution is 0.0635. The van der Waals surface area contributed by atoms with Crippen LogP contribution in [0.5, 0.6) is 11.5 Å². The first kappa shape index (κ1) is 22.1. The molecule has 0 bridgehead atoms. The molecule has 7 nitrogen and oxygen atoms in total. The van der Waals surface area contributed by atoms with E-state index in [0.717, 1.165) is 5.75 Å². The van der Waals surface area contributed by atoms with E-state index in [4.69, 9.17) is 14.2 Å². The Balaban J connectivity index is 1.79. The van der Waals surface area contributed by atoms with Gasteiger partial charge in [-0.05, 0) is 70.2 Å². The molecule has 0 aromatic heterocycles. The van der Waals surface area contributed by atoms with Gasteiger partial charge in [-0.15, -0.1) is 0 Å². The summed E-state index contributed by atoms with van der Waals surface area (Å²) < 4.78 is 16.2. The van der Waals surface area contributed by atoms with Gasteiger partial charge in [0.1, 0.15) is 23.7 Å². The van der Waals surface area contributed by atoms with E-state index >= 15 is 0 Å². The van der Waals surface area contributed by atoms with E-state index in [1.807, 2.05) is 31.2 Å². The molecule has 156 valence electrons. The minimum atomic E-state index is -0.595. The van der Waals surface area contributed by atoms with E-state index < -0.39 is 11.7 Å². The second-order valence-corrected chi connectivity index (χ2v) is 7.22. The van der Waals surface area contributed by atoms with Crippen molar-refractivity contribution in [3.05, 3.63) is 54.1 Å². The molecule has 7 heteroatoms. The molecule has 0 radical (unpaired) electrons. The predicted octanol–water partition coefficient (Wildman–Crippen LogP) is 4.24. The summed E-state index contributed by atoms with van der Waals surface area (Å²) in [6.45, 7) is 8.56. The maximum Gasteiger partial charge on any atom is 0.412 e. The first-order valence-electron chi connectivity index (χ1n) is 9.51. The quantitative estimate of drug-likeness (QED) is 0.647. The summed E-state index contributed by atoms with van der Waals surface area (Å²) in [6.07, 6.45) is -0.571. The number of amides is 2. The van der Waals surface area contributed by atoms with Gasteiger partial charge in [0.25, 0.3) is 5.91 Å². The third kappa shape index (κ3) is 8.13. The predicted molar refractivity (Wildman–Crippen MR) is 112 cm³/mol. The van der Waals surface area contributed by atoms with Crippen molar-refractivity contribution in [2.45, 2.75) is 33.3 Å². The molecule has 2 rings (SSSR count). The second kappa shape index (κ2) is 10.4. The lowest BCUT2D eigenvalue weighted by Gasteiger charge is -2.19. The van der Waals surface area contributed by atoms with Gasteiger partial charge in [-0.3, -0.25) is 10.1 Å². The summed E-state index contributed by atoms with van der Waals surface area (Å²) in [5.74, 6) is 1.23. The number of hydrogen-bond donors (Lipinski definition) is 2. The highest BCUT2D eigenvalue weighted by molar-refractivity contribution is 5.96. The molecule has 0 aliphatic rings. The number of nitrogens with one attached hydrogen (secondary N) is 2. The minimum Gasteiger partial charge on any atom is -0.494 e. The van der Waals surface area contributed by atoms with E-state index in [-0.39, 0.29) is 5.91 Å². The van der Waals surface area contributed by atoms with Crippen molar-refractivity contribution in [3.8, 4) is 11.5 Å². The number of rotatable bonds is 8. The van der Waals surface area contributed by atoms with Crippen molar-refractivity contribution in [2.75, 3.05) is 25.1 Å². The smallest absolute Gasteiger partial charge is 0.412 e. The highest BCUT2D eigenvalue weighted by atomic mass is 16.6. The lowest BCUT2D eigenvalue weighted by Crippen LogP contribution is -2.28. The van der Waals surface area contributed by atoms with Crippen LogP contribution in [0.25, 0.3) is 0 Å². The van der Waals surface area contributed by atoms with Gasteiger partial charge in [0.2, 0.25) is 0 Å². The maximum atomic E-state index is 12.3. The molecule has 29 heavy (non-hydrogen) atoms. The van der Waals surface area contributed by atoms with Crippen LogP contribution in [0.3, 0.4) is 0 Å². The zero-order valence-corrected chi connectivity index (χ0v) is 17.3. The molecule has 0 heterocycles. The Hall–Kier alpha value is -3.22. The lowest BCUT2D eigenvalue weighted by atomic mass is 10.2. The molecule has 0 unspecified atom stereocenters. The topological polar surface area (TPSA) is 85.9 Å². The maximum absolute atomic E-state index is 12.3. The molecule has 0 atom stereocenters. The number of benzene rings is 2. The van der Waals surface area contributed by atoms with Crippen molar-refractivity contribution in [2.24, 2.45) is 0 Å². The minimum absolute atomic E-state index is 0.256. The summed E-state index contributed by atoms with van der Waals surface area (Å²) in [5.41, 5.74) is 0.319. The number of anilines is 1. The summed E-state index contributed by atoms with van der Waals surface area (Å²) in [7, 11) is 0. The highest BCUT2D eigenvalue weighted by Gasteiger charge is 2.16. The van der Waals surface area contributed by atoms with E-state index in [0.29, 0.717) is 36.8 Å². The summed E-state index contributed by atoms with van der Waals surface area (Å²) in [6, 6.07) is 13.9. The fourth-order valence-corrected chi connectivity index (χ4v) is 2.39. The molecule has 0 spiro atoms. The standard InChI is InChI=1S/C22H28N2O5/c1-5-27-18-9-11-19(12-10-18)28-14-13-23-20(25)16-7-6-8-17(15-16)24-21(26)29-22(2,3)4/h6-12,15H,5,13-14H2,1-4H3,(H,23,25)(H,24,26). The first-order chi connectivity index (χ1) is 13.8. The van der Waals surface area contributed by atoms with Crippen molar-refractivity contribution < 1.29 is 23.8 Å². The Labute approximate surface area is 171 Å². The van der Waals surface area contributed by atoms with Gasteiger partial charge < -0.3 is 19.5 Å². The Morgan fingerprint density at radius 2 is 1.62 bits per heavy atom. The number of hydrogen-bond acceptors (Lipinski definition) is 5. The first-order valence-corrected chi connectivity index (χ1v) is 9.51. The van der Waals surface area contributed by atoms with E-state index in [1.165, 1.54) is 0 Å². The number of ether oxygens (including phenoxy) is 3. The van der Waals surface area contributed by atoms with Gasteiger partial charge >= 0.3 is 6.09 Å². The van der Waals surface area contributed by atoms with E-state index in [2.05, 4.69) is 10.6 Å². The van der Waals surface area contributed by atoms with E-state index in [1.54, 1.807) is 45.0 Å². The molecule has 0 saturated heterocycles. The van der Waals surface area contributed by atoms with Gasteiger partial charge in [-0.1, -0.05) is 6.07 Å². The molecule has 2 aromatic carbocycles. The summed E-state index contributed by atoms with van der Waals surface area (Å²) in [5, 5.41) is 5.41. The SMILES string of the molecule is CCOc1ccc(OCCNC(=O)c2cccc(NC(=O)OC(C)(C)C)c2)cc1. The van der Waals surface area contributed by atoms with Crippen LogP contribution in [-0.2, 0) is 4.74 Å². The molecular formula is C22H28N2O5. The monoisotopic (exact) mass is 400 g/mol. The Morgan fingerprint density at radius 3 is 2.24 bits per heavy atom. The van der Waals surface area contributed by atoms with E-state index in [9.17, 15) is 9.59 Å². The highest BCUT2D eigenvalue weighted by Crippen LogP contribution is 2.17. The van der Waals surface area contributed by atoms with Crippen LogP contribution in [0.4, 0.5) is 10.5 Å². The molecular weight excluding hydrogens is 372 g/mol.